The molecule has 86 valence electrons. The maximum absolute atomic E-state index is 11.9. The van der Waals surface area contributed by atoms with E-state index in [0.717, 1.165) is 6.42 Å². The van der Waals surface area contributed by atoms with Crippen molar-refractivity contribution in [2.24, 2.45) is 12.5 Å². The number of aryl methyl sites for hydroxylation is 1. The Labute approximate surface area is 95.1 Å². The first-order valence-electron chi connectivity index (χ1n) is 5.16. The van der Waals surface area contributed by atoms with Crippen molar-refractivity contribution in [3.05, 3.63) is 11.8 Å². The fraction of sp³-hybridized carbons (Fsp3) is 0.545. The lowest BCUT2D eigenvalue weighted by atomic mass is 9.89. The molecular formula is C11H16N4O. The van der Waals surface area contributed by atoms with Crippen molar-refractivity contribution >= 4 is 11.7 Å². The fourth-order valence-corrected chi connectivity index (χ4v) is 1.10. The lowest BCUT2D eigenvalue weighted by Gasteiger charge is -2.21. The SMILES string of the molecule is CCC(C)(C)C(=O)Nc1c(C#N)cnn1C. The van der Waals surface area contributed by atoms with Crippen LogP contribution in [0.25, 0.3) is 0 Å². The first-order valence-corrected chi connectivity index (χ1v) is 5.16. The summed E-state index contributed by atoms with van der Waals surface area (Å²) in [5.41, 5.74) is -0.0699. The normalized spacial score (nSPS) is 10.9. The van der Waals surface area contributed by atoms with Crippen LogP contribution in [0.3, 0.4) is 0 Å². The van der Waals surface area contributed by atoms with Gasteiger partial charge in [-0.2, -0.15) is 10.4 Å². The van der Waals surface area contributed by atoms with Crippen molar-refractivity contribution in [2.75, 3.05) is 5.32 Å². The van der Waals surface area contributed by atoms with Crippen molar-refractivity contribution in [2.45, 2.75) is 27.2 Å². The number of nitrogens with one attached hydrogen (secondary N) is 1. The van der Waals surface area contributed by atoms with Gasteiger partial charge in [0.2, 0.25) is 5.91 Å². The number of aromatic nitrogens is 2. The molecule has 5 heteroatoms. The molecule has 0 saturated carbocycles. The number of amides is 1. The number of carbonyl (C=O) groups excluding carboxylic acids is 1. The van der Waals surface area contributed by atoms with Crippen LogP contribution in [0.5, 0.6) is 0 Å². The Hall–Kier alpha value is -1.83. The molecule has 1 N–H and O–H groups in total. The Morgan fingerprint density at radius 2 is 2.31 bits per heavy atom. The molecule has 5 nitrogen and oxygen atoms in total. The molecule has 0 radical (unpaired) electrons. The number of carbonyl (C=O) groups is 1. The topological polar surface area (TPSA) is 70.7 Å². The number of rotatable bonds is 3. The van der Waals surface area contributed by atoms with Gasteiger partial charge < -0.3 is 5.32 Å². The highest BCUT2D eigenvalue weighted by atomic mass is 16.2. The zero-order valence-corrected chi connectivity index (χ0v) is 10.0. The van der Waals surface area contributed by atoms with Crippen molar-refractivity contribution in [3.63, 3.8) is 0 Å². The highest BCUT2D eigenvalue weighted by Gasteiger charge is 2.26. The third-order valence-corrected chi connectivity index (χ3v) is 2.79. The maximum Gasteiger partial charge on any atom is 0.231 e. The van der Waals surface area contributed by atoms with Crippen LogP contribution >= 0.6 is 0 Å². The lowest BCUT2D eigenvalue weighted by Crippen LogP contribution is -2.31. The average Bonchev–Trinajstić information content (AvgIpc) is 2.60. The average molecular weight is 220 g/mol. The molecule has 0 aliphatic rings. The predicted molar refractivity (Wildman–Crippen MR) is 60.6 cm³/mol. The molecular weight excluding hydrogens is 204 g/mol. The maximum atomic E-state index is 11.9. The summed E-state index contributed by atoms with van der Waals surface area (Å²) in [6.07, 6.45) is 2.17. The Morgan fingerprint density at radius 1 is 1.69 bits per heavy atom. The number of hydrogen-bond donors (Lipinski definition) is 1. The van der Waals surface area contributed by atoms with Gasteiger partial charge in [-0.15, -0.1) is 0 Å². The van der Waals surface area contributed by atoms with E-state index < -0.39 is 5.41 Å². The van der Waals surface area contributed by atoms with Crippen molar-refractivity contribution in [1.82, 2.24) is 9.78 Å². The number of nitriles is 1. The van der Waals surface area contributed by atoms with E-state index in [2.05, 4.69) is 10.4 Å². The zero-order valence-electron chi connectivity index (χ0n) is 10.0. The minimum atomic E-state index is -0.447. The number of hydrogen-bond acceptors (Lipinski definition) is 3. The molecule has 0 aliphatic carbocycles. The molecule has 1 heterocycles. The van der Waals surface area contributed by atoms with E-state index in [1.807, 2.05) is 26.8 Å². The Kier molecular flexibility index (Phi) is 3.33. The van der Waals surface area contributed by atoms with Gasteiger partial charge in [-0.05, 0) is 6.42 Å². The summed E-state index contributed by atoms with van der Waals surface area (Å²) in [7, 11) is 1.69. The van der Waals surface area contributed by atoms with E-state index in [9.17, 15) is 4.79 Å². The van der Waals surface area contributed by atoms with E-state index in [4.69, 9.17) is 5.26 Å². The zero-order chi connectivity index (χ0) is 12.3. The van der Waals surface area contributed by atoms with Gasteiger partial charge >= 0.3 is 0 Å². The van der Waals surface area contributed by atoms with E-state index >= 15 is 0 Å². The predicted octanol–water partition coefficient (Wildman–Crippen LogP) is 1.67. The molecule has 0 spiro atoms. The first kappa shape index (κ1) is 12.2. The summed E-state index contributed by atoms with van der Waals surface area (Å²) < 4.78 is 1.49. The second kappa shape index (κ2) is 4.35. The molecule has 1 aromatic heterocycles. The molecule has 0 saturated heterocycles. The largest absolute Gasteiger partial charge is 0.309 e. The Morgan fingerprint density at radius 3 is 2.81 bits per heavy atom. The van der Waals surface area contributed by atoms with Gasteiger partial charge in [0.15, 0.2) is 0 Å². The quantitative estimate of drug-likeness (QED) is 0.842. The molecule has 0 atom stereocenters. The van der Waals surface area contributed by atoms with Gasteiger partial charge in [0.1, 0.15) is 17.5 Å². The lowest BCUT2D eigenvalue weighted by molar-refractivity contribution is -0.124. The van der Waals surface area contributed by atoms with Gasteiger partial charge in [0.05, 0.1) is 6.20 Å². The molecule has 1 aromatic rings. The minimum Gasteiger partial charge on any atom is -0.309 e. The molecule has 0 bridgehead atoms. The van der Waals surface area contributed by atoms with Crippen LogP contribution in [-0.2, 0) is 11.8 Å². The van der Waals surface area contributed by atoms with E-state index in [-0.39, 0.29) is 5.91 Å². The molecule has 16 heavy (non-hydrogen) atoms. The smallest absolute Gasteiger partial charge is 0.231 e. The summed E-state index contributed by atoms with van der Waals surface area (Å²) in [6, 6.07) is 1.99. The van der Waals surface area contributed by atoms with Gasteiger partial charge in [-0.3, -0.25) is 9.48 Å². The van der Waals surface area contributed by atoms with Gasteiger partial charge in [-0.25, -0.2) is 0 Å². The highest BCUT2D eigenvalue weighted by Crippen LogP contribution is 2.23. The molecule has 0 fully saturated rings. The number of anilines is 1. The first-order chi connectivity index (χ1) is 7.42. The summed E-state index contributed by atoms with van der Waals surface area (Å²) >= 11 is 0. The van der Waals surface area contributed by atoms with Crippen LogP contribution in [0, 0.1) is 16.7 Å². The molecule has 1 amide bonds. The van der Waals surface area contributed by atoms with Crippen molar-refractivity contribution in [1.29, 1.82) is 5.26 Å². The van der Waals surface area contributed by atoms with E-state index in [0.29, 0.717) is 11.4 Å². The summed E-state index contributed by atoms with van der Waals surface area (Å²) in [6.45, 7) is 5.68. The third kappa shape index (κ3) is 2.22. The van der Waals surface area contributed by atoms with E-state index in [1.165, 1.54) is 10.9 Å². The summed E-state index contributed by atoms with van der Waals surface area (Å²) in [4.78, 5) is 11.9. The fourth-order valence-electron chi connectivity index (χ4n) is 1.10. The second-order valence-electron chi connectivity index (χ2n) is 4.33. The third-order valence-electron chi connectivity index (χ3n) is 2.79. The van der Waals surface area contributed by atoms with Crippen LogP contribution in [0.1, 0.15) is 32.8 Å². The minimum absolute atomic E-state index is 0.102. The van der Waals surface area contributed by atoms with Gasteiger partial charge in [-0.1, -0.05) is 20.8 Å². The monoisotopic (exact) mass is 220 g/mol. The van der Waals surface area contributed by atoms with Crippen LogP contribution in [0.4, 0.5) is 5.82 Å². The molecule has 0 aromatic carbocycles. The molecule has 0 aliphatic heterocycles. The van der Waals surface area contributed by atoms with Gasteiger partial charge in [0.25, 0.3) is 0 Å². The Balaban J connectivity index is 2.94. The summed E-state index contributed by atoms with van der Waals surface area (Å²) in [5.74, 6) is 0.351. The second-order valence-corrected chi connectivity index (χ2v) is 4.33. The van der Waals surface area contributed by atoms with Crippen molar-refractivity contribution < 1.29 is 4.79 Å². The van der Waals surface area contributed by atoms with Gasteiger partial charge in [0, 0.05) is 12.5 Å². The standard InChI is InChI=1S/C11H16N4O/c1-5-11(2,3)10(16)14-9-8(6-12)7-13-15(9)4/h7H,5H2,1-4H3,(H,14,16). The number of nitrogens with zero attached hydrogens (tertiary/aromatic N) is 3. The van der Waals surface area contributed by atoms with Crippen LogP contribution in [-0.4, -0.2) is 15.7 Å². The van der Waals surface area contributed by atoms with E-state index in [1.54, 1.807) is 7.05 Å². The van der Waals surface area contributed by atoms with Crippen LogP contribution in [0.15, 0.2) is 6.20 Å². The van der Waals surface area contributed by atoms with Crippen LogP contribution < -0.4 is 5.32 Å². The van der Waals surface area contributed by atoms with Crippen LogP contribution in [0.2, 0.25) is 0 Å². The highest BCUT2D eigenvalue weighted by molar-refractivity contribution is 5.95. The molecule has 0 unspecified atom stereocenters. The molecule has 1 rings (SSSR count). The van der Waals surface area contributed by atoms with Crippen molar-refractivity contribution in [3.8, 4) is 6.07 Å². The summed E-state index contributed by atoms with van der Waals surface area (Å²) in [5, 5.41) is 15.5. The Bertz CT molecular complexity index is 439.